The molecular formula is C12H11BrF3NO. The molecule has 2 nitrogen and oxygen atoms in total. The molecule has 1 aromatic carbocycles. The predicted octanol–water partition coefficient (Wildman–Crippen LogP) is 4.07. The molecular weight excluding hydrogens is 311 g/mol. The molecule has 6 heteroatoms. The Hall–Kier alpha value is -1.01. The third-order valence-corrected chi connectivity index (χ3v) is 3.36. The van der Waals surface area contributed by atoms with E-state index in [0.29, 0.717) is 23.1 Å². The molecule has 0 radical (unpaired) electrons. The minimum Gasteiger partial charge on any atom is -0.383 e. The standard InChI is InChI=1S/C12H11BrF3NO/c1-18-5-4-17-3-2-9-10(13)6-8(7-11(9)17)12(14,15)16/h2-3,6-7H,4-5H2,1H3. The number of rotatable bonds is 3. The summed E-state index contributed by atoms with van der Waals surface area (Å²) in [4.78, 5) is 0. The number of hydrogen-bond donors (Lipinski definition) is 0. The minimum atomic E-state index is -4.34. The Labute approximate surface area is 110 Å². The molecule has 0 amide bonds. The van der Waals surface area contributed by atoms with Crippen molar-refractivity contribution in [2.45, 2.75) is 12.7 Å². The molecule has 0 bridgehead atoms. The largest absolute Gasteiger partial charge is 0.416 e. The van der Waals surface area contributed by atoms with Gasteiger partial charge in [-0.15, -0.1) is 0 Å². The lowest BCUT2D eigenvalue weighted by molar-refractivity contribution is -0.137. The Morgan fingerprint density at radius 3 is 2.67 bits per heavy atom. The summed E-state index contributed by atoms with van der Waals surface area (Å²) in [6, 6.07) is 4.05. The van der Waals surface area contributed by atoms with Gasteiger partial charge in [-0.25, -0.2) is 0 Å². The summed E-state index contributed by atoms with van der Waals surface area (Å²) in [6.07, 6.45) is -2.58. The van der Waals surface area contributed by atoms with E-state index in [1.165, 1.54) is 0 Å². The van der Waals surface area contributed by atoms with Crippen LogP contribution in [0.5, 0.6) is 0 Å². The van der Waals surface area contributed by atoms with E-state index in [1.54, 1.807) is 23.9 Å². The van der Waals surface area contributed by atoms with E-state index in [0.717, 1.165) is 17.5 Å². The molecule has 1 aromatic heterocycles. The fraction of sp³-hybridized carbons (Fsp3) is 0.333. The quantitative estimate of drug-likeness (QED) is 0.831. The summed E-state index contributed by atoms with van der Waals surface area (Å²) in [5, 5.41) is 0.763. The normalized spacial score (nSPS) is 12.3. The number of ether oxygens (including phenoxy) is 1. The van der Waals surface area contributed by atoms with Crippen LogP contribution in [0.25, 0.3) is 10.9 Å². The lowest BCUT2D eigenvalue weighted by Crippen LogP contribution is -2.07. The van der Waals surface area contributed by atoms with Crippen molar-refractivity contribution in [3.8, 4) is 0 Å². The van der Waals surface area contributed by atoms with Crippen LogP contribution < -0.4 is 0 Å². The maximum absolute atomic E-state index is 12.7. The van der Waals surface area contributed by atoms with Crippen LogP contribution in [0.1, 0.15) is 5.56 Å². The molecule has 0 saturated carbocycles. The second kappa shape index (κ2) is 4.93. The van der Waals surface area contributed by atoms with Gasteiger partial charge in [0.15, 0.2) is 0 Å². The lowest BCUT2D eigenvalue weighted by atomic mass is 10.1. The number of methoxy groups -OCH3 is 1. The fourth-order valence-electron chi connectivity index (χ4n) is 1.80. The molecule has 0 saturated heterocycles. The van der Waals surface area contributed by atoms with Crippen molar-refractivity contribution < 1.29 is 17.9 Å². The van der Waals surface area contributed by atoms with Crippen LogP contribution in [0.2, 0.25) is 0 Å². The molecule has 0 aliphatic rings. The van der Waals surface area contributed by atoms with Crippen molar-refractivity contribution in [1.29, 1.82) is 0 Å². The van der Waals surface area contributed by atoms with Gasteiger partial charge >= 0.3 is 6.18 Å². The third-order valence-electron chi connectivity index (χ3n) is 2.70. The van der Waals surface area contributed by atoms with Crippen molar-refractivity contribution >= 4 is 26.8 Å². The lowest BCUT2D eigenvalue weighted by Gasteiger charge is -2.10. The van der Waals surface area contributed by atoms with E-state index >= 15 is 0 Å². The van der Waals surface area contributed by atoms with E-state index in [2.05, 4.69) is 15.9 Å². The van der Waals surface area contributed by atoms with Crippen molar-refractivity contribution in [2.75, 3.05) is 13.7 Å². The van der Waals surface area contributed by atoms with E-state index in [-0.39, 0.29) is 0 Å². The Bertz CT molecular complexity index is 562. The number of aromatic nitrogens is 1. The molecule has 18 heavy (non-hydrogen) atoms. The van der Waals surface area contributed by atoms with Gasteiger partial charge in [0, 0.05) is 35.2 Å². The van der Waals surface area contributed by atoms with Gasteiger partial charge in [0.05, 0.1) is 12.2 Å². The highest BCUT2D eigenvalue weighted by Crippen LogP contribution is 2.35. The first-order valence-electron chi connectivity index (χ1n) is 5.28. The molecule has 0 unspecified atom stereocenters. The minimum absolute atomic E-state index is 0.448. The topological polar surface area (TPSA) is 14.2 Å². The molecule has 0 aliphatic carbocycles. The summed E-state index contributed by atoms with van der Waals surface area (Å²) in [5.41, 5.74) is -0.104. The van der Waals surface area contributed by atoms with Crippen LogP contribution in [0.3, 0.4) is 0 Å². The highest BCUT2D eigenvalue weighted by atomic mass is 79.9. The number of alkyl halides is 3. The maximum atomic E-state index is 12.7. The predicted molar refractivity (Wildman–Crippen MR) is 66.5 cm³/mol. The molecule has 98 valence electrons. The Balaban J connectivity index is 2.54. The van der Waals surface area contributed by atoms with Gasteiger partial charge < -0.3 is 9.30 Å². The van der Waals surface area contributed by atoms with Crippen molar-refractivity contribution in [3.05, 3.63) is 34.4 Å². The highest BCUT2D eigenvalue weighted by Gasteiger charge is 2.31. The first kappa shape index (κ1) is 13.4. The molecule has 0 aliphatic heterocycles. The average molecular weight is 322 g/mol. The number of hydrogen-bond acceptors (Lipinski definition) is 1. The molecule has 1 heterocycles. The average Bonchev–Trinajstić information content (AvgIpc) is 2.69. The van der Waals surface area contributed by atoms with Crippen LogP contribution >= 0.6 is 15.9 Å². The molecule has 0 N–H and O–H groups in total. The van der Waals surface area contributed by atoms with E-state index in [9.17, 15) is 13.2 Å². The monoisotopic (exact) mass is 321 g/mol. The summed E-state index contributed by atoms with van der Waals surface area (Å²) in [7, 11) is 1.56. The SMILES string of the molecule is COCCn1ccc2c(Br)cc(C(F)(F)F)cc21. The van der Waals surface area contributed by atoms with Crippen LogP contribution in [-0.4, -0.2) is 18.3 Å². The Morgan fingerprint density at radius 2 is 2.06 bits per heavy atom. The van der Waals surface area contributed by atoms with Gasteiger partial charge in [-0.3, -0.25) is 0 Å². The summed E-state index contributed by atoms with van der Waals surface area (Å²) in [5.74, 6) is 0. The fourth-order valence-corrected chi connectivity index (χ4v) is 2.38. The van der Waals surface area contributed by atoms with E-state index in [4.69, 9.17) is 4.74 Å². The molecule has 0 atom stereocenters. The van der Waals surface area contributed by atoms with Gasteiger partial charge in [0.1, 0.15) is 0 Å². The number of nitrogens with zero attached hydrogens (tertiary/aromatic N) is 1. The molecule has 2 rings (SSSR count). The Morgan fingerprint density at radius 1 is 1.33 bits per heavy atom. The summed E-state index contributed by atoms with van der Waals surface area (Å²) >= 11 is 3.18. The highest BCUT2D eigenvalue weighted by molar-refractivity contribution is 9.10. The number of fused-ring (bicyclic) bond motifs is 1. The van der Waals surface area contributed by atoms with Gasteiger partial charge in [-0.2, -0.15) is 13.2 Å². The zero-order valence-corrected chi connectivity index (χ0v) is 11.2. The van der Waals surface area contributed by atoms with Crippen LogP contribution in [0, 0.1) is 0 Å². The molecule has 0 fully saturated rings. The summed E-state index contributed by atoms with van der Waals surface area (Å²) in [6.45, 7) is 0.978. The molecule has 0 spiro atoms. The maximum Gasteiger partial charge on any atom is 0.416 e. The smallest absolute Gasteiger partial charge is 0.383 e. The third kappa shape index (κ3) is 2.54. The van der Waals surface area contributed by atoms with Crippen molar-refractivity contribution in [3.63, 3.8) is 0 Å². The van der Waals surface area contributed by atoms with Crippen LogP contribution in [0.4, 0.5) is 13.2 Å². The van der Waals surface area contributed by atoms with E-state index in [1.807, 2.05) is 0 Å². The van der Waals surface area contributed by atoms with Gasteiger partial charge in [-0.05, 0) is 18.2 Å². The van der Waals surface area contributed by atoms with Crippen molar-refractivity contribution in [2.24, 2.45) is 0 Å². The zero-order chi connectivity index (χ0) is 13.3. The summed E-state index contributed by atoms with van der Waals surface area (Å²) < 4.78 is 45.3. The van der Waals surface area contributed by atoms with Gasteiger partial charge in [-0.1, -0.05) is 15.9 Å². The first-order valence-corrected chi connectivity index (χ1v) is 6.07. The van der Waals surface area contributed by atoms with Gasteiger partial charge in [0.2, 0.25) is 0 Å². The van der Waals surface area contributed by atoms with E-state index < -0.39 is 11.7 Å². The van der Waals surface area contributed by atoms with Crippen molar-refractivity contribution in [1.82, 2.24) is 4.57 Å². The second-order valence-electron chi connectivity index (χ2n) is 3.89. The Kier molecular flexibility index (Phi) is 3.68. The number of benzene rings is 1. The molecule has 2 aromatic rings. The van der Waals surface area contributed by atoms with Gasteiger partial charge in [0.25, 0.3) is 0 Å². The van der Waals surface area contributed by atoms with Crippen LogP contribution in [-0.2, 0) is 17.5 Å². The number of halogens is 4. The second-order valence-corrected chi connectivity index (χ2v) is 4.74. The van der Waals surface area contributed by atoms with Crippen LogP contribution in [0.15, 0.2) is 28.9 Å². The zero-order valence-electron chi connectivity index (χ0n) is 9.59. The first-order chi connectivity index (χ1) is 8.43.